The minimum atomic E-state index is -0.764. The highest BCUT2D eigenvalue weighted by Gasteiger charge is 2.23. The lowest BCUT2D eigenvalue weighted by Gasteiger charge is -2.14. The van der Waals surface area contributed by atoms with Gasteiger partial charge in [0.05, 0.1) is 25.0 Å². The Hall–Kier alpha value is -3.20. The summed E-state index contributed by atoms with van der Waals surface area (Å²) in [6.45, 7) is 1.64. The SMILES string of the molecule is COc1cc(C=NNC(=O)[C@H](C)n2cnc3sc4c(c3c2=O)CCCC4)ccc1O. The number of thiophene rings is 1. The zero-order chi connectivity index (χ0) is 21.3. The molecule has 2 heterocycles. The summed E-state index contributed by atoms with van der Waals surface area (Å²) in [5.74, 6) is -0.0989. The van der Waals surface area contributed by atoms with Gasteiger partial charge in [0.1, 0.15) is 10.9 Å². The van der Waals surface area contributed by atoms with E-state index >= 15 is 0 Å². The van der Waals surface area contributed by atoms with Crippen molar-refractivity contribution in [2.75, 3.05) is 7.11 Å². The van der Waals surface area contributed by atoms with Crippen LogP contribution < -0.4 is 15.7 Å². The molecule has 156 valence electrons. The summed E-state index contributed by atoms with van der Waals surface area (Å²) >= 11 is 1.58. The number of benzene rings is 1. The van der Waals surface area contributed by atoms with Gasteiger partial charge in [-0.2, -0.15) is 5.10 Å². The average Bonchev–Trinajstić information content (AvgIpc) is 3.14. The van der Waals surface area contributed by atoms with Crippen molar-refractivity contribution in [2.45, 2.75) is 38.6 Å². The summed E-state index contributed by atoms with van der Waals surface area (Å²) in [6.07, 6.45) is 6.95. The molecule has 30 heavy (non-hydrogen) atoms. The van der Waals surface area contributed by atoms with Gasteiger partial charge in [0.2, 0.25) is 0 Å². The Bertz CT molecular complexity index is 1200. The standard InChI is InChI=1S/C21H22N4O4S/c1-12(19(27)24-23-10-13-7-8-15(26)16(9-13)29-2)25-11-22-20-18(21(25)28)14-5-3-4-6-17(14)30-20/h7-12,26H,3-6H2,1-2H3,(H,24,27)/t12-/m0/s1. The van der Waals surface area contributed by atoms with Gasteiger partial charge < -0.3 is 9.84 Å². The third-order valence-electron chi connectivity index (χ3n) is 5.29. The monoisotopic (exact) mass is 426 g/mol. The molecule has 2 aromatic heterocycles. The predicted molar refractivity (Wildman–Crippen MR) is 116 cm³/mol. The van der Waals surface area contributed by atoms with E-state index in [0.29, 0.717) is 16.7 Å². The highest BCUT2D eigenvalue weighted by Crippen LogP contribution is 2.33. The van der Waals surface area contributed by atoms with Crippen LogP contribution in [-0.2, 0) is 17.6 Å². The molecule has 0 unspecified atom stereocenters. The first kappa shape index (κ1) is 20.1. The van der Waals surface area contributed by atoms with E-state index in [4.69, 9.17) is 4.74 Å². The van der Waals surface area contributed by atoms with Crippen LogP contribution in [0.2, 0.25) is 0 Å². The number of aryl methyl sites for hydroxylation is 2. The molecule has 1 aliphatic carbocycles. The maximum absolute atomic E-state index is 13.1. The van der Waals surface area contributed by atoms with Gasteiger partial charge in [-0.15, -0.1) is 11.3 Å². The van der Waals surface area contributed by atoms with Crippen LogP contribution in [0.15, 0.2) is 34.4 Å². The number of amides is 1. The Morgan fingerprint density at radius 3 is 3.00 bits per heavy atom. The summed E-state index contributed by atoms with van der Waals surface area (Å²) in [6, 6.07) is 3.95. The van der Waals surface area contributed by atoms with E-state index in [1.165, 1.54) is 35.2 Å². The summed E-state index contributed by atoms with van der Waals surface area (Å²) in [4.78, 5) is 32.0. The molecule has 0 fully saturated rings. The number of aromatic nitrogens is 2. The number of carbonyl (C=O) groups is 1. The van der Waals surface area contributed by atoms with Crippen LogP contribution >= 0.6 is 11.3 Å². The molecule has 3 aromatic rings. The Morgan fingerprint density at radius 1 is 1.40 bits per heavy atom. The fourth-order valence-corrected chi connectivity index (χ4v) is 4.82. The van der Waals surface area contributed by atoms with Crippen molar-refractivity contribution < 1.29 is 14.6 Å². The smallest absolute Gasteiger partial charge is 0.263 e. The van der Waals surface area contributed by atoms with Crippen LogP contribution in [0.4, 0.5) is 0 Å². The van der Waals surface area contributed by atoms with E-state index in [2.05, 4.69) is 15.5 Å². The van der Waals surface area contributed by atoms with E-state index < -0.39 is 11.9 Å². The van der Waals surface area contributed by atoms with Gasteiger partial charge in [0.25, 0.3) is 11.5 Å². The Morgan fingerprint density at radius 2 is 2.20 bits per heavy atom. The number of methoxy groups -OCH3 is 1. The van der Waals surface area contributed by atoms with Gasteiger partial charge in [0.15, 0.2) is 11.5 Å². The number of hydrogen-bond donors (Lipinski definition) is 2. The summed E-state index contributed by atoms with van der Waals surface area (Å²) < 4.78 is 6.41. The fraction of sp³-hybridized carbons (Fsp3) is 0.333. The predicted octanol–water partition coefficient (Wildman–Crippen LogP) is 2.76. The van der Waals surface area contributed by atoms with Crippen molar-refractivity contribution in [3.63, 3.8) is 0 Å². The zero-order valence-electron chi connectivity index (χ0n) is 16.7. The van der Waals surface area contributed by atoms with Crippen LogP contribution in [0, 0.1) is 0 Å². The van der Waals surface area contributed by atoms with E-state index in [1.807, 2.05) is 0 Å². The van der Waals surface area contributed by atoms with Crippen LogP contribution in [0.3, 0.4) is 0 Å². The number of aromatic hydroxyl groups is 1. The number of ether oxygens (including phenoxy) is 1. The van der Waals surface area contributed by atoms with Gasteiger partial charge in [0, 0.05) is 4.88 Å². The molecule has 1 amide bonds. The van der Waals surface area contributed by atoms with Crippen molar-refractivity contribution in [1.29, 1.82) is 0 Å². The molecule has 0 bridgehead atoms. The van der Waals surface area contributed by atoms with Crippen molar-refractivity contribution in [3.8, 4) is 11.5 Å². The molecule has 9 heteroatoms. The normalized spacial score (nSPS) is 14.6. The van der Waals surface area contributed by atoms with Crippen molar-refractivity contribution in [2.24, 2.45) is 5.10 Å². The van der Waals surface area contributed by atoms with Gasteiger partial charge in [-0.25, -0.2) is 10.4 Å². The Labute approximate surface area is 176 Å². The fourth-order valence-electron chi connectivity index (χ4n) is 3.60. The van der Waals surface area contributed by atoms with Crippen LogP contribution in [-0.4, -0.2) is 33.9 Å². The molecule has 0 aliphatic heterocycles. The maximum atomic E-state index is 13.1. The molecule has 4 rings (SSSR count). The lowest BCUT2D eigenvalue weighted by atomic mass is 9.97. The summed E-state index contributed by atoms with van der Waals surface area (Å²) in [7, 11) is 1.45. The van der Waals surface area contributed by atoms with E-state index in [9.17, 15) is 14.7 Å². The third kappa shape index (κ3) is 3.68. The first-order chi connectivity index (χ1) is 14.5. The molecule has 0 radical (unpaired) electrons. The molecule has 0 spiro atoms. The molecule has 0 saturated carbocycles. The zero-order valence-corrected chi connectivity index (χ0v) is 17.5. The van der Waals surface area contributed by atoms with Gasteiger partial charge in [-0.05, 0) is 61.9 Å². The minimum Gasteiger partial charge on any atom is -0.504 e. The lowest BCUT2D eigenvalue weighted by Crippen LogP contribution is -2.34. The molecular formula is C21H22N4O4S. The van der Waals surface area contributed by atoms with Crippen LogP contribution in [0.1, 0.15) is 41.8 Å². The van der Waals surface area contributed by atoms with E-state index in [0.717, 1.165) is 36.1 Å². The lowest BCUT2D eigenvalue weighted by molar-refractivity contribution is -0.123. The number of fused-ring (bicyclic) bond motifs is 3. The average molecular weight is 426 g/mol. The summed E-state index contributed by atoms with van der Waals surface area (Å²) in [5.41, 5.74) is 4.01. The van der Waals surface area contributed by atoms with Crippen molar-refractivity contribution in [1.82, 2.24) is 15.0 Å². The third-order valence-corrected chi connectivity index (χ3v) is 6.49. The Kier molecular flexibility index (Phi) is 5.54. The molecule has 2 N–H and O–H groups in total. The van der Waals surface area contributed by atoms with Gasteiger partial charge >= 0.3 is 0 Å². The molecule has 1 aromatic carbocycles. The second kappa shape index (κ2) is 8.27. The topological polar surface area (TPSA) is 106 Å². The highest BCUT2D eigenvalue weighted by molar-refractivity contribution is 7.18. The molecular weight excluding hydrogens is 404 g/mol. The second-order valence-corrected chi connectivity index (χ2v) is 8.27. The minimum absolute atomic E-state index is 0.0187. The summed E-state index contributed by atoms with van der Waals surface area (Å²) in [5, 5.41) is 14.2. The number of nitrogens with zero attached hydrogens (tertiary/aromatic N) is 3. The number of hydrazone groups is 1. The number of rotatable bonds is 5. The van der Waals surface area contributed by atoms with Crippen molar-refractivity contribution in [3.05, 3.63) is 50.9 Å². The number of carbonyl (C=O) groups excluding carboxylic acids is 1. The van der Waals surface area contributed by atoms with Gasteiger partial charge in [-0.1, -0.05) is 0 Å². The first-order valence-electron chi connectivity index (χ1n) is 9.71. The quantitative estimate of drug-likeness (QED) is 0.482. The Balaban J connectivity index is 1.53. The van der Waals surface area contributed by atoms with E-state index in [1.54, 1.807) is 30.4 Å². The van der Waals surface area contributed by atoms with Gasteiger partial charge in [-0.3, -0.25) is 14.2 Å². The number of phenols is 1. The van der Waals surface area contributed by atoms with E-state index in [-0.39, 0.29) is 11.3 Å². The number of phenolic OH excluding ortho intramolecular Hbond substituents is 1. The van der Waals surface area contributed by atoms with Crippen LogP contribution in [0.25, 0.3) is 10.2 Å². The number of nitrogens with one attached hydrogen (secondary N) is 1. The molecule has 1 aliphatic rings. The second-order valence-electron chi connectivity index (χ2n) is 7.19. The molecule has 0 saturated heterocycles. The maximum Gasteiger partial charge on any atom is 0.263 e. The molecule has 1 atom stereocenters. The number of hydrogen-bond acceptors (Lipinski definition) is 7. The molecule has 8 nitrogen and oxygen atoms in total. The van der Waals surface area contributed by atoms with Crippen molar-refractivity contribution >= 4 is 33.7 Å². The highest BCUT2D eigenvalue weighted by atomic mass is 32.1. The first-order valence-corrected chi connectivity index (χ1v) is 10.5. The van der Waals surface area contributed by atoms with Crippen LogP contribution in [0.5, 0.6) is 11.5 Å². The largest absolute Gasteiger partial charge is 0.504 e.